The molecule has 0 spiro atoms. The van der Waals surface area contributed by atoms with Crippen LogP contribution in [0.4, 0.5) is 11.4 Å². The lowest BCUT2D eigenvalue weighted by atomic mass is 9.81. The summed E-state index contributed by atoms with van der Waals surface area (Å²) in [6, 6.07) is 49.9. The van der Waals surface area contributed by atoms with Crippen LogP contribution in [0, 0.1) is 0 Å². The maximum atomic E-state index is 2.60. The zero-order valence-corrected chi connectivity index (χ0v) is 24.0. The quantitative estimate of drug-likeness (QED) is 0.195. The zero-order chi connectivity index (χ0) is 28.5. The van der Waals surface area contributed by atoms with Gasteiger partial charge in [-0.3, -0.25) is 0 Å². The molecule has 3 aliphatic rings. The molecule has 2 aliphatic heterocycles. The normalized spacial score (nSPS) is 13.7. The molecule has 0 atom stereocenters. The van der Waals surface area contributed by atoms with Crippen molar-refractivity contribution < 1.29 is 0 Å². The van der Waals surface area contributed by atoms with Gasteiger partial charge in [-0.1, -0.05) is 115 Å². The summed E-state index contributed by atoms with van der Waals surface area (Å²) in [5.74, 6) is 0. The van der Waals surface area contributed by atoms with Crippen molar-refractivity contribution in [1.29, 1.82) is 0 Å². The molecule has 1 aliphatic carbocycles. The number of hydrogen-bond acceptors (Lipinski definition) is 1. The third kappa shape index (κ3) is 2.68. The van der Waals surface area contributed by atoms with Crippen molar-refractivity contribution in [2.45, 2.75) is 13.0 Å². The van der Waals surface area contributed by atoms with Crippen molar-refractivity contribution in [3.8, 4) is 39.1 Å². The molecule has 11 rings (SSSR count). The second-order valence-corrected chi connectivity index (χ2v) is 12.4. The molecule has 0 amide bonds. The molecule has 0 N–H and O–H groups in total. The number of rotatable bonds is 1. The average molecular weight is 559 g/mol. The van der Waals surface area contributed by atoms with Crippen molar-refractivity contribution in [2.24, 2.45) is 0 Å². The van der Waals surface area contributed by atoms with Crippen molar-refractivity contribution in [3.05, 3.63) is 150 Å². The van der Waals surface area contributed by atoms with Gasteiger partial charge < -0.3 is 9.47 Å². The van der Waals surface area contributed by atoms with E-state index < -0.39 is 0 Å². The molecule has 0 fully saturated rings. The Hall–Kier alpha value is -5.60. The lowest BCUT2D eigenvalue weighted by molar-refractivity contribution is 0.953. The minimum atomic E-state index is 0.888. The predicted molar refractivity (Wildman–Crippen MR) is 183 cm³/mol. The van der Waals surface area contributed by atoms with E-state index >= 15 is 0 Å². The number of para-hydroxylation sites is 2. The van der Waals surface area contributed by atoms with E-state index in [-0.39, 0.29) is 0 Å². The minimum absolute atomic E-state index is 0.888. The van der Waals surface area contributed by atoms with Gasteiger partial charge in [0.05, 0.1) is 22.4 Å². The van der Waals surface area contributed by atoms with Crippen LogP contribution < -0.4 is 4.90 Å². The van der Waals surface area contributed by atoms with E-state index in [0.29, 0.717) is 0 Å². The highest BCUT2D eigenvalue weighted by Gasteiger charge is 2.36. The number of fused-ring (bicyclic) bond motifs is 17. The Balaban J connectivity index is 1.40. The molecule has 204 valence electrons. The number of hydrogen-bond donors (Lipinski definition) is 0. The van der Waals surface area contributed by atoms with E-state index in [4.69, 9.17) is 0 Å². The minimum Gasteiger partial charge on any atom is -0.335 e. The molecule has 2 bridgehead atoms. The summed E-state index contributed by atoms with van der Waals surface area (Å²) in [6.45, 7) is 0.888. The Morgan fingerprint density at radius 3 is 2.05 bits per heavy atom. The van der Waals surface area contributed by atoms with Crippen LogP contribution in [0.25, 0.3) is 71.6 Å². The number of benzene rings is 7. The first-order valence-corrected chi connectivity index (χ1v) is 15.5. The molecule has 2 nitrogen and oxygen atoms in total. The predicted octanol–water partition coefficient (Wildman–Crippen LogP) is 10.8. The lowest BCUT2D eigenvalue weighted by Gasteiger charge is -2.40. The summed E-state index contributed by atoms with van der Waals surface area (Å²) < 4.78 is 2.60. The van der Waals surface area contributed by atoms with Gasteiger partial charge in [-0.05, 0) is 63.4 Å². The Morgan fingerprint density at radius 2 is 1.11 bits per heavy atom. The van der Waals surface area contributed by atoms with Crippen molar-refractivity contribution >= 4 is 44.0 Å². The summed E-state index contributed by atoms with van der Waals surface area (Å²) >= 11 is 0. The monoisotopic (exact) mass is 558 g/mol. The number of nitrogens with zero attached hydrogens (tertiary/aromatic N) is 2. The first-order valence-electron chi connectivity index (χ1n) is 15.5. The SMILES string of the molecule is c1ccc2c(c1)Cc1cccc(-n3c4ccccc4c4c5ccccc5c5c(c43)-c3cccc4c3CN5c3ccccc3-4)c1-2. The van der Waals surface area contributed by atoms with Gasteiger partial charge in [-0.15, -0.1) is 0 Å². The van der Waals surface area contributed by atoms with E-state index in [9.17, 15) is 0 Å². The van der Waals surface area contributed by atoms with E-state index in [1.807, 2.05) is 0 Å². The fourth-order valence-corrected chi connectivity index (χ4v) is 8.67. The van der Waals surface area contributed by atoms with Gasteiger partial charge >= 0.3 is 0 Å². The fourth-order valence-electron chi connectivity index (χ4n) is 8.67. The third-order valence-corrected chi connectivity index (χ3v) is 10.4. The first-order chi connectivity index (χ1) is 21.9. The Kier molecular flexibility index (Phi) is 4.20. The Bertz CT molecular complexity index is 2570. The van der Waals surface area contributed by atoms with Gasteiger partial charge in [0.15, 0.2) is 0 Å². The molecule has 1 aromatic heterocycles. The van der Waals surface area contributed by atoms with E-state index in [1.165, 1.54) is 99.7 Å². The second kappa shape index (κ2) is 8.06. The van der Waals surface area contributed by atoms with Crippen LogP contribution in [0.15, 0.2) is 133 Å². The Labute approximate surface area is 255 Å². The molecule has 3 heterocycles. The topological polar surface area (TPSA) is 8.17 Å². The van der Waals surface area contributed by atoms with Gasteiger partial charge in [0, 0.05) is 45.1 Å². The van der Waals surface area contributed by atoms with Crippen LogP contribution in [-0.4, -0.2) is 4.57 Å². The first kappa shape index (κ1) is 22.9. The van der Waals surface area contributed by atoms with Crippen molar-refractivity contribution in [2.75, 3.05) is 4.90 Å². The highest BCUT2D eigenvalue weighted by atomic mass is 15.2. The molecular weight excluding hydrogens is 532 g/mol. The van der Waals surface area contributed by atoms with Crippen LogP contribution in [0.3, 0.4) is 0 Å². The van der Waals surface area contributed by atoms with Crippen LogP contribution in [0.2, 0.25) is 0 Å². The van der Waals surface area contributed by atoms with Crippen molar-refractivity contribution in [1.82, 2.24) is 4.57 Å². The molecule has 7 aromatic carbocycles. The second-order valence-electron chi connectivity index (χ2n) is 12.4. The largest absolute Gasteiger partial charge is 0.335 e. The maximum absolute atomic E-state index is 2.60. The van der Waals surface area contributed by atoms with Gasteiger partial charge in [-0.25, -0.2) is 0 Å². The molecule has 8 aromatic rings. The Morgan fingerprint density at radius 1 is 0.455 bits per heavy atom. The lowest BCUT2D eigenvalue weighted by Crippen LogP contribution is -2.26. The van der Waals surface area contributed by atoms with Gasteiger partial charge in [-0.2, -0.15) is 0 Å². The molecule has 0 saturated heterocycles. The standard InChI is InChI=1S/C42H26N2/c1-2-13-27-25(11-1)23-26-12-9-22-37(38(26)27)44-36-21-8-6-17-33(36)39-30-15-3-4-16-32(30)41-40(42(39)44)31-19-10-18-28-29-14-5-7-20-35(29)43(41)24-34(28)31/h1-22H,23-24H2. The summed E-state index contributed by atoms with van der Waals surface area (Å²) in [4.78, 5) is 2.59. The summed E-state index contributed by atoms with van der Waals surface area (Å²) in [5, 5.41) is 5.27. The highest BCUT2D eigenvalue weighted by Crippen LogP contribution is 2.58. The fraction of sp³-hybridized carbons (Fsp3) is 0.0476. The molecule has 2 heteroatoms. The summed E-state index contributed by atoms with van der Waals surface area (Å²) in [6.07, 6.45) is 0.980. The van der Waals surface area contributed by atoms with Gasteiger partial charge in [0.25, 0.3) is 0 Å². The van der Waals surface area contributed by atoms with E-state index in [0.717, 1.165) is 13.0 Å². The van der Waals surface area contributed by atoms with Crippen LogP contribution in [0.1, 0.15) is 16.7 Å². The van der Waals surface area contributed by atoms with Crippen LogP contribution in [0.5, 0.6) is 0 Å². The molecule has 0 unspecified atom stereocenters. The third-order valence-electron chi connectivity index (χ3n) is 10.4. The van der Waals surface area contributed by atoms with Gasteiger partial charge in [0.1, 0.15) is 0 Å². The van der Waals surface area contributed by atoms with Crippen LogP contribution in [-0.2, 0) is 13.0 Å². The van der Waals surface area contributed by atoms with Gasteiger partial charge in [0.2, 0.25) is 0 Å². The van der Waals surface area contributed by atoms with E-state index in [2.05, 4.69) is 143 Å². The zero-order valence-electron chi connectivity index (χ0n) is 24.0. The van der Waals surface area contributed by atoms with Crippen molar-refractivity contribution in [3.63, 3.8) is 0 Å². The molecule has 0 saturated carbocycles. The number of anilines is 2. The molecule has 44 heavy (non-hydrogen) atoms. The average Bonchev–Trinajstić information content (AvgIpc) is 3.64. The van der Waals surface area contributed by atoms with E-state index in [1.54, 1.807) is 0 Å². The molecular formula is C42H26N2. The molecule has 0 radical (unpaired) electrons. The highest BCUT2D eigenvalue weighted by molar-refractivity contribution is 6.30. The maximum Gasteiger partial charge on any atom is 0.0647 e. The smallest absolute Gasteiger partial charge is 0.0647 e. The summed E-state index contributed by atoms with van der Waals surface area (Å²) in [5.41, 5.74) is 18.8. The number of aromatic nitrogens is 1. The van der Waals surface area contributed by atoms with Crippen LogP contribution >= 0.6 is 0 Å². The summed E-state index contributed by atoms with van der Waals surface area (Å²) in [7, 11) is 0.